The fourth-order valence-electron chi connectivity index (χ4n) is 3.10. The quantitative estimate of drug-likeness (QED) is 0.769. The molecule has 1 fully saturated rings. The van der Waals surface area contributed by atoms with Gasteiger partial charge in [0.05, 0.1) is 19.1 Å². The van der Waals surface area contributed by atoms with E-state index in [0.29, 0.717) is 6.54 Å². The van der Waals surface area contributed by atoms with E-state index >= 15 is 0 Å². The number of rotatable bonds is 7. The number of ether oxygens (including phenoxy) is 1. The van der Waals surface area contributed by atoms with Crippen molar-refractivity contribution in [1.82, 2.24) is 20.1 Å². The smallest absolute Gasteiger partial charge is 0.231 e. The van der Waals surface area contributed by atoms with Gasteiger partial charge in [-0.2, -0.15) is 0 Å². The lowest BCUT2D eigenvalue weighted by molar-refractivity contribution is -0.123. The number of nitrogens with zero attached hydrogens (tertiary/aromatic N) is 3. The summed E-state index contributed by atoms with van der Waals surface area (Å²) in [5.41, 5.74) is 0.637. The number of carbonyl (C=O) groups excluding carboxylic acids is 1. The molecule has 7 heteroatoms. The molecule has 0 saturated heterocycles. The molecule has 1 aliphatic carbocycles. The third-order valence-corrected chi connectivity index (χ3v) is 5.31. The first-order chi connectivity index (χ1) is 12.0. The van der Waals surface area contributed by atoms with Crippen LogP contribution in [0.15, 0.2) is 29.4 Å². The van der Waals surface area contributed by atoms with Gasteiger partial charge >= 0.3 is 0 Å². The van der Waals surface area contributed by atoms with Crippen molar-refractivity contribution in [3.05, 3.63) is 35.7 Å². The zero-order valence-electron chi connectivity index (χ0n) is 15.1. The molecule has 0 spiro atoms. The second kappa shape index (κ2) is 7.07. The molecule has 1 aromatic carbocycles. The fourth-order valence-corrected chi connectivity index (χ4v) is 3.73. The van der Waals surface area contributed by atoms with Crippen LogP contribution in [0.5, 0.6) is 5.75 Å². The Kier molecular flexibility index (Phi) is 5.03. The Bertz CT molecular complexity index is 751. The lowest BCUT2D eigenvalue weighted by Crippen LogP contribution is -2.35. The number of hydrogen-bond donors (Lipinski definition) is 1. The monoisotopic (exact) mass is 360 g/mol. The van der Waals surface area contributed by atoms with E-state index in [4.69, 9.17) is 4.74 Å². The minimum atomic E-state index is -0.405. The Hall–Kier alpha value is -2.02. The average molecular weight is 360 g/mol. The largest absolute Gasteiger partial charge is 0.497 e. The molecule has 0 unspecified atom stereocenters. The molecule has 0 bridgehead atoms. The van der Waals surface area contributed by atoms with Crippen LogP contribution in [-0.2, 0) is 16.8 Å². The van der Waals surface area contributed by atoms with Crippen LogP contribution in [0.1, 0.15) is 44.1 Å². The van der Waals surface area contributed by atoms with Crippen molar-refractivity contribution in [3.63, 3.8) is 0 Å². The molecule has 1 N–H and O–H groups in total. The normalized spacial score (nSPS) is 15.2. The minimum Gasteiger partial charge on any atom is -0.497 e. The maximum absolute atomic E-state index is 12.8. The first kappa shape index (κ1) is 17.8. The van der Waals surface area contributed by atoms with E-state index in [-0.39, 0.29) is 11.9 Å². The van der Waals surface area contributed by atoms with E-state index in [1.54, 1.807) is 18.9 Å². The Balaban J connectivity index is 1.71. The molecule has 134 valence electrons. The highest BCUT2D eigenvalue weighted by Crippen LogP contribution is 2.48. The average Bonchev–Trinajstić information content (AvgIpc) is 3.33. The lowest BCUT2D eigenvalue weighted by Gasteiger charge is -2.17. The summed E-state index contributed by atoms with van der Waals surface area (Å²) in [7, 11) is 1.64. The van der Waals surface area contributed by atoms with Crippen LogP contribution in [0.25, 0.3) is 0 Å². The molecule has 0 atom stereocenters. The van der Waals surface area contributed by atoms with Gasteiger partial charge in [0.25, 0.3) is 0 Å². The summed E-state index contributed by atoms with van der Waals surface area (Å²) in [5, 5.41) is 12.4. The summed E-state index contributed by atoms with van der Waals surface area (Å²) in [5.74, 6) is 1.65. The molecule has 0 aliphatic heterocycles. The predicted molar refractivity (Wildman–Crippen MR) is 97.9 cm³/mol. The third-order valence-electron chi connectivity index (χ3n) is 4.67. The first-order valence-corrected chi connectivity index (χ1v) is 9.65. The molecule has 0 radical (unpaired) electrons. The highest BCUT2D eigenvalue weighted by molar-refractivity contribution is 7.98. The number of nitrogens with one attached hydrogen (secondary N) is 1. The predicted octanol–water partition coefficient (Wildman–Crippen LogP) is 2.94. The Morgan fingerprint density at radius 3 is 2.52 bits per heavy atom. The molecule has 3 rings (SSSR count). The van der Waals surface area contributed by atoms with E-state index in [0.717, 1.165) is 35.1 Å². The third kappa shape index (κ3) is 3.38. The standard InChI is InChI=1S/C18H24N4O2S/c1-12(2)22-15(20-21-17(22)25-4)11-19-16(23)18(9-10-18)13-5-7-14(24-3)8-6-13/h5-8,12H,9-11H2,1-4H3,(H,19,23). The van der Waals surface area contributed by atoms with Crippen LogP contribution in [0.3, 0.4) is 0 Å². The summed E-state index contributed by atoms with van der Waals surface area (Å²) in [6.07, 6.45) is 3.73. The lowest BCUT2D eigenvalue weighted by atomic mass is 9.95. The van der Waals surface area contributed by atoms with Gasteiger partial charge in [0.15, 0.2) is 11.0 Å². The number of benzene rings is 1. The molecular weight excluding hydrogens is 336 g/mol. The molecule has 1 aromatic heterocycles. The number of carbonyl (C=O) groups is 1. The van der Waals surface area contributed by atoms with Crippen molar-refractivity contribution < 1.29 is 9.53 Å². The van der Waals surface area contributed by atoms with E-state index in [9.17, 15) is 4.79 Å². The molecule has 1 amide bonds. The van der Waals surface area contributed by atoms with Crippen LogP contribution >= 0.6 is 11.8 Å². The molecule has 1 heterocycles. The van der Waals surface area contributed by atoms with Crippen LogP contribution in [0, 0.1) is 0 Å². The molecule has 1 saturated carbocycles. The number of amides is 1. The van der Waals surface area contributed by atoms with Crippen molar-refractivity contribution in [3.8, 4) is 5.75 Å². The second-order valence-electron chi connectivity index (χ2n) is 6.56. The van der Waals surface area contributed by atoms with Gasteiger partial charge in [0.1, 0.15) is 5.75 Å². The van der Waals surface area contributed by atoms with E-state index in [1.165, 1.54) is 0 Å². The van der Waals surface area contributed by atoms with Crippen molar-refractivity contribution in [2.45, 2.75) is 49.8 Å². The topological polar surface area (TPSA) is 69.0 Å². The molecule has 25 heavy (non-hydrogen) atoms. The van der Waals surface area contributed by atoms with E-state index < -0.39 is 5.41 Å². The van der Waals surface area contributed by atoms with Crippen LogP contribution in [-0.4, -0.2) is 34.0 Å². The number of hydrogen-bond acceptors (Lipinski definition) is 5. The van der Waals surface area contributed by atoms with Gasteiger partial charge in [0, 0.05) is 6.04 Å². The Morgan fingerprint density at radius 2 is 2.00 bits per heavy atom. The van der Waals surface area contributed by atoms with Gasteiger partial charge in [-0.25, -0.2) is 0 Å². The summed E-state index contributed by atoms with van der Waals surface area (Å²) in [6.45, 7) is 4.57. The summed E-state index contributed by atoms with van der Waals surface area (Å²) in [6, 6.07) is 8.02. The summed E-state index contributed by atoms with van der Waals surface area (Å²) in [4.78, 5) is 12.8. The van der Waals surface area contributed by atoms with Crippen molar-refractivity contribution in [2.24, 2.45) is 0 Å². The van der Waals surface area contributed by atoms with Crippen LogP contribution in [0.4, 0.5) is 0 Å². The van der Waals surface area contributed by atoms with Gasteiger partial charge in [-0.3, -0.25) is 4.79 Å². The van der Waals surface area contributed by atoms with Crippen molar-refractivity contribution >= 4 is 17.7 Å². The van der Waals surface area contributed by atoms with Gasteiger partial charge < -0.3 is 14.6 Å². The van der Waals surface area contributed by atoms with E-state index in [1.807, 2.05) is 30.5 Å². The highest BCUT2D eigenvalue weighted by Gasteiger charge is 2.51. The van der Waals surface area contributed by atoms with E-state index in [2.05, 4.69) is 33.9 Å². The molecule has 2 aromatic rings. The van der Waals surface area contributed by atoms with Gasteiger partial charge in [-0.1, -0.05) is 23.9 Å². The van der Waals surface area contributed by atoms with Gasteiger partial charge in [0.2, 0.25) is 5.91 Å². The summed E-state index contributed by atoms with van der Waals surface area (Å²) >= 11 is 1.56. The van der Waals surface area contributed by atoms with Gasteiger partial charge in [-0.15, -0.1) is 10.2 Å². The molecular formula is C18H24N4O2S. The first-order valence-electron chi connectivity index (χ1n) is 8.42. The fraction of sp³-hybridized carbons (Fsp3) is 0.500. The number of aromatic nitrogens is 3. The highest BCUT2D eigenvalue weighted by atomic mass is 32.2. The number of thioether (sulfide) groups is 1. The zero-order valence-corrected chi connectivity index (χ0v) is 15.9. The molecule has 1 aliphatic rings. The van der Waals surface area contributed by atoms with Crippen LogP contribution in [0.2, 0.25) is 0 Å². The van der Waals surface area contributed by atoms with Crippen molar-refractivity contribution in [1.29, 1.82) is 0 Å². The molecule has 6 nitrogen and oxygen atoms in total. The maximum Gasteiger partial charge on any atom is 0.231 e. The SMILES string of the molecule is COc1ccc(C2(C(=O)NCc3nnc(SC)n3C(C)C)CC2)cc1. The van der Waals surface area contributed by atoms with Gasteiger partial charge in [-0.05, 0) is 50.6 Å². The number of methoxy groups -OCH3 is 1. The van der Waals surface area contributed by atoms with Crippen LogP contribution < -0.4 is 10.1 Å². The Labute approximate surface area is 152 Å². The second-order valence-corrected chi connectivity index (χ2v) is 7.33. The summed E-state index contributed by atoms with van der Waals surface area (Å²) < 4.78 is 7.26. The zero-order chi connectivity index (χ0) is 18.0. The maximum atomic E-state index is 12.8. The Morgan fingerprint density at radius 1 is 1.32 bits per heavy atom. The minimum absolute atomic E-state index is 0.0571. The van der Waals surface area contributed by atoms with Crippen molar-refractivity contribution in [2.75, 3.05) is 13.4 Å².